The van der Waals surface area contributed by atoms with E-state index < -0.39 is 11.7 Å². The van der Waals surface area contributed by atoms with Gasteiger partial charge in [0, 0.05) is 43.0 Å². The number of aliphatic imine (C=N–C) groups is 2. The number of ether oxygens (including phenoxy) is 1. The van der Waals surface area contributed by atoms with E-state index in [0.29, 0.717) is 29.5 Å². The minimum atomic E-state index is -4.39. The molecule has 2 aliphatic rings. The Hall–Kier alpha value is -3.44. The minimum absolute atomic E-state index is 0.00965. The van der Waals surface area contributed by atoms with E-state index in [-0.39, 0.29) is 5.92 Å². The molecule has 11 heteroatoms. The van der Waals surface area contributed by atoms with Crippen LogP contribution >= 0.6 is 0 Å². The number of nitrogens with one attached hydrogen (secondary N) is 3. The van der Waals surface area contributed by atoms with E-state index in [1.165, 1.54) is 6.07 Å². The molecule has 1 aromatic carbocycles. The minimum Gasteiger partial charge on any atom is -0.379 e. The normalized spacial score (nSPS) is 20.8. The number of H-pyrrole nitrogens is 1. The maximum absolute atomic E-state index is 13.1. The van der Waals surface area contributed by atoms with Crippen LogP contribution < -0.4 is 10.6 Å². The molecule has 0 bridgehead atoms. The molecule has 0 aliphatic carbocycles. The van der Waals surface area contributed by atoms with Crippen LogP contribution in [-0.2, 0) is 10.9 Å². The van der Waals surface area contributed by atoms with Crippen LogP contribution in [0.4, 0.5) is 19.0 Å². The smallest absolute Gasteiger partial charge is 0.379 e. The lowest BCUT2D eigenvalue weighted by Gasteiger charge is -2.26. The van der Waals surface area contributed by atoms with Crippen molar-refractivity contribution in [3.8, 4) is 0 Å². The van der Waals surface area contributed by atoms with Gasteiger partial charge in [0.15, 0.2) is 5.82 Å². The highest BCUT2D eigenvalue weighted by Crippen LogP contribution is 2.29. The standard InChI is InChI=1S/C27H34F3N7O/c1-19-7-10-24(31-11-4-12-37-13-15-38-16-14-37)33-26(34-25-17-20(2)35-36-25)32-23(19)9-8-21-5-3-6-22(18-21)27(28,29)30/h3,5-6,8-10,17-19,31H,4,7,11-16H2,1-2H3,(H2,33,34,35,36)/b9-8+,24-10+,32-23?. The third kappa shape index (κ3) is 8.29. The first-order chi connectivity index (χ1) is 18.3. The summed E-state index contributed by atoms with van der Waals surface area (Å²) in [6, 6.07) is 7.08. The number of guanidine groups is 1. The second kappa shape index (κ2) is 12.9. The van der Waals surface area contributed by atoms with Gasteiger partial charge in [-0.15, -0.1) is 0 Å². The van der Waals surface area contributed by atoms with Crippen molar-refractivity contribution in [3.63, 3.8) is 0 Å². The van der Waals surface area contributed by atoms with Gasteiger partial charge in [-0.05, 0) is 56.2 Å². The highest BCUT2D eigenvalue weighted by molar-refractivity contribution is 6.09. The van der Waals surface area contributed by atoms with Crippen molar-refractivity contribution in [1.29, 1.82) is 0 Å². The molecule has 0 spiro atoms. The largest absolute Gasteiger partial charge is 0.416 e. The molecular formula is C27H34F3N7O. The summed E-state index contributed by atoms with van der Waals surface area (Å²) in [5, 5.41) is 13.7. The number of morpholine rings is 1. The predicted molar refractivity (Wildman–Crippen MR) is 144 cm³/mol. The van der Waals surface area contributed by atoms with Crippen molar-refractivity contribution in [2.45, 2.75) is 32.9 Å². The van der Waals surface area contributed by atoms with Gasteiger partial charge < -0.3 is 15.4 Å². The van der Waals surface area contributed by atoms with Crippen LogP contribution in [0.5, 0.6) is 0 Å². The molecule has 2 aromatic rings. The Morgan fingerprint density at radius 2 is 1.97 bits per heavy atom. The summed E-state index contributed by atoms with van der Waals surface area (Å²) in [6.07, 6.45) is 2.69. The first kappa shape index (κ1) is 27.6. The molecule has 1 aromatic heterocycles. The molecule has 0 radical (unpaired) electrons. The lowest BCUT2D eigenvalue weighted by atomic mass is 9.99. The van der Waals surface area contributed by atoms with E-state index >= 15 is 0 Å². The number of hydrogen-bond donors (Lipinski definition) is 3. The number of aromatic nitrogens is 2. The Labute approximate surface area is 220 Å². The summed E-state index contributed by atoms with van der Waals surface area (Å²) in [7, 11) is 0. The molecule has 204 valence electrons. The summed E-state index contributed by atoms with van der Waals surface area (Å²) in [4.78, 5) is 11.8. The zero-order valence-corrected chi connectivity index (χ0v) is 21.7. The second-order valence-corrected chi connectivity index (χ2v) is 9.45. The van der Waals surface area contributed by atoms with E-state index in [9.17, 15) is 13.2 Å². The van der Waals surface area contributed by atoms with E-state index in [0.717, 1.165) is 69.5 Å². The molecule has 1 saturated heterocycles. The van der Waals surface area contributed by atoms with Gasteiger partial charge in [0.1, 0.15) is 5.82 Å². The fraction of sp³-hybridized carbons (Fsp3) is 0.444. The second-order valence-electron chi connectivity index (χ2n) is 9.45. The molecule has 0 saturated carbocycles. The van der Waals surface area contributed by atoms with Crippen LogP contribution in [0, 0.1) is 12.8 Å². The number of aryl methyl sites for hydroxylation is 1. The van der Waals surface area contributed by atoms with Crippen LogP contribution in [0.1, 0.15) is 36.6 Å². The zero-order chi connectivity index (χ0) is 27.0. The molecule has 8 nitrogen and oxygen atoms in total. The van der Waals surface area contributed by atoms with Crippen molar-refractivity contribution in [2.24, 2.45) is 15.9 Å². The summed E-state index contributed by atoms with van der Waals surface area (Å²) < 4.78 is 44.8. The quantitative estimate of drug-likeness (QED) is 0.426. The topological polar surface area (TPSA) is 89.9 Å². The molecule has 38 heavy (non-hydrogen) atoms. The van der Waals surface area contributed by atoms with E-state index in [1.54, 1.807) is 18.2 Å². The highest BCUT2D eigenvalue weighted by Gasteiger charge is 2.30. The molecular weight excluding hydrogens is 495 g/mol. The number of aromatic amines is 1. The molecule has 1 atom stereocenters. The predicted octanol–water partition coefficient (Wildman–Crippen LogP) is 4.85. The van der Waals surface area contributed by atoms with Crippen molar-refractivity contribution >= 4 is 23.6 Å². The van der Waals surface area contributed by atoms with E-state index in [2.05, 4.69) is 25.7 Å². The van der Waals surface area contributed by atoms with Gasteiger partial charge in [-0.2, -0.15) is 23.3 Å². The van der Waals surface area contributed by atoms with Crippen molar-refractivity contribution < 1.29 is 17.9 Å². The van der Waals surface area contributed by atoms with Crippen molar-refractivity contribution in [1.82, 2.24) is 20.4 Å². The number of alkyl halides is 3. The molecule has 3 heterocycles. The van der Waals surface area contributed by atoms with Crippen molar-refractivity contribution in [3.05, 3.63) is 65.1 Å². The monoisotopic (exact) mass is 529 g/mol. The lowest BCUT2D eigenvalue weighted by molar-refractivity contribution is -0.137. The van der Waals surface area contributed by atoms with Crippen LogP contribution in [0.25, 0.3) is 6.08 Å². The van der Waals surface area contributed by atoms with Gasteiger partial charge in [-0.1, -0.05) is 25.1 Å². The van der Waals surface area contributed by atoms with Crippen LogP contribution in [0.3, 0.4) is 0 Å². The van der Waals surface area contributed by atoms with E-state index in [4.69, 9.17) is 14.7 Å². The third-order valence-electron chi connectivity index (χ3n) is 6.30. The maximum Gasteiger partial charge on any atom is 0.416 e. The lowest BCUT2D eigenvalue weighted by Crippen LogP contribution is -2.37. The molecule has 4 rings (SSSR count). The Morgan fingerprint density at radius 1 is 1.16 bits per heavy atom. The molecule has 2 aliphatic heterocycles. The van der Waals surface area contributed by atoms with Gasteiger partial charge >= 0.3 is 6.18 Å². The van der Waals surface area contributed by atoms with Gasteiger partial charge in [0.05, 0.1) is 18.8 Å². The van der Waals surface area contributed by atoms with Crippen LogP contribution in [0.15, 0.2) is 58.3 Å². The van der Waals surface area contributed by atoms with Crippen molar-refractivity contribution in [2.75, 3.05) is 44.7 Å². The SMILES string of the molecule is Cc1cc(NC2=N/C(NCCCN3CCOCC3)=C/CC(C)C(/C=C/c3cccc(C(F)(F)F)c3)=N2)n[nH]1. The number of allylic oxidation sites excluding steroid dienone is 2. The third-order valence-corrected chi connectivity index (χ3v) is 6.30. The first-order valence-corrected chi connectivity index (χ1v) is 12.8. The fourth-order valence-electron chi connectivity index (χ4n) is 4.14. The summed E-state index contributed by atoms with van der Waals surface area (Å²) in [5.74, 6) is 1.65. The van der Waals surface area contributed by atoms with Gasteiger partial charge in [0.2, 0.25) is 5.96 Å². The number of hydrogen-bond acceptors (Lipinski definition) is 7. The maximum atomic E-state index is 13.1. The number of anilines is 1. The molecule has 3 N–H and O–H groups in total. The average Bonchev–Trinajstić information content (AvgIpc) is 3.30. The first-order valence-electron chi connectivity index (χ1n) is 12.8. The zero-order valence-electron chi connectivity index (χ0n) is 21.7. The summed E-state index contributed by atoms with van der Waals surface area (Å²) >= 11 is 0. The number of benzene rings is 1. The van der Waals surface area contributed by atoms with Gasteiger partial charge in [0.25, 0.3) is 0 Å². The van der Waals surface area contributed by atoms with Crippen LogP contribution in [0.2, 0.25) is 0 Å². The Bertz CT molecular complexity index is 1190. The highest BCUT2D eigenvalue weighted by atomic mass is 19.4. The summed E-state index contributed by atoms with van der Waals surface area (Å²) in [5.41, 5.74) is 1.35. The number of rotatable bonds is 8. The molecule has 0 amide bonds. The van der Waals surface area contributed by atoms with Gasteiger partial charge in [-0.25, -0.2) is 4.99 Å². The number of nitrogens with zero attached hydrogens (tertiary/aromatic N) is 4. The van der Waals surface area contributed by atoms with Gasteiger partial charge in [-0.3, -0.25) is 10.00 Å². The summed E-state index contributed by atoms with van der Waals surface area (Å²) in [6.45, 7) is 9.17. The molecule has 1 unspecified atom stereocenters. The Morgan fingerprint density at radius 3 is 2.71 bits per heavy atom. The Balaban J connectivity index is 1.50. The molecule has 1 fully saturated rings. The van der Waals surface area contributed by atoms with E-state index in [1.807, 2.05) is 26.0 Å². The van der Waals surface area contributed by atoms with Crippen LogP contribution in [-0.4, -0.2) is 66.2 Å². The average molecular weight is 530 g/mol. The fourth-order valence-corrected chi connectivity index (χ4v) is 4.14. The Kier molecular flexibility index (Phi) is 9.35. The number of halogens is 3.